The molecule has 0 aliphatic rings. The molecule has 0 aliphatic carbocycles. The van der Waals surface area contributed by atoms with E-state index in [0.29, 0.717) is 27.4 Å². The summed E-state index contributed by atoms with van der Waals surface area (Å²) in [4.78, 5) is 25.8. The smallest absolute Gasteiger partial charge is 0.255 e. The summed E-state index contributed by atoms with van der Waals surface area (Å²) in [6.07, 6.45) is 0. The highest BCUT2D eigenvalue weighted by Crippen LogP contribution is 2.24. The van der Waals surface area contributed by atoms with E-state index in [1.54, 1.807) is 54.6 Å². The Bertz CT molecular complexity index is 1260. The molecule has 1 N–H and O–H groups in total. The van der Waals surface area contributed by atoms with Crippen LogP contribution in [0, 0.1) is 13.8 Å². The summed E-state index contributed by atoms with van der Waals surface area (Å²) in [5, 5.41) is 7.72. The van der Waals surface area contributed by atoms with Gasteiger partial charge in [0.05, 0.1) is 17.1 Å². The van der Waals surface area contributed by atoms with Crippen molar-refractivity contribution in [2.75, 3.05) is 5.32 Å². The minimum atomic E-state index is -0.315. The zero-order valence-corrected chi connectivity index (χ0v) is 17.9. The van der Waals surface area contributed by atoms with Gasteiger partial charge < -0.3 is 5.32 Å². The Morgan fingerprint density at radius 3 is 2.23 bits per heavy atom. The van der Waals surface area contributed by atoms with Gasteiger partial charge in [0, 0.05) is 27.4 Å². The van der Waals surface area contributed by atoms with E-state index in [1.165, 1.54) is 0 Å². The van der Waals surface area contributed by atoms with Crippen molar-refractivity contribution < 1.29 is 9.59 Å². The van der Waals surface area contributed by atoms with Gasteiger partial charge in [-0.05, 0) is 62.4 Å². The van der Waals surface area contributed by atoms with E-state index in [0.717, 1.165) is 17.1 Å². The van der Waals surface area contributed by atoms with Crippen LogP contribution in [0.3, 0.4) is 0 Å². The highest BCUT2D eigenvalue weighted by atomic mass is 35.5. The second-order valence-electron chi connectivity index (χ2n) is 7.22. The molecule has 31 heavy (non-hydrogen) atoms. The van der Waals surface area contributed by atoms with Crippen LogP contribution in [-0.4, -0.2) is 21.5 Å². The number of ketones is 1. The number of anilines is 1. The summed E-state index contributed by atoms with van der Waals surface area (Å²) in [5.41, 5.74) is 4.55. The number of carbonyl (C=O) groups excluding carboxylic acids is 2. The molecule has 0 aliphatic heterocycles. The largest absolute Gasteiger partial charge is 0.321 e. The lowest BCUT2D eigenvalue weighted by atomic mass is 10.0. The molecule has 1 heterocycles. The van der Waals surface area contributed by atoms with E-state index in [-0.39, 0.29) is 11.7 Å². The van der Waals surface area contributed by atoms with E-state index in [1.807, 2.05) is 42.8 Å². The quantitative estimate of drug-likeness (QED) is 0.418. The molecule has 0 fully saturated rings. The summed E-state index contributed by atoms with van der Waals surface area (Å²) in [6.45, 7) is 3.91. The van der Waals surface area contributed by atoms with Gasteiger partial charge in [-0.2, -0.15) is 5.10 Å². The maximum absolute atomic E-state index is 13.0. The Hall–Kier alpha value is -3.70. The SMILES string of the molecule is Cc1cc(C)n(-c2ccc(C(=O)Nc3ccc(Cl)cc3C(=O)c3ccccc3)cc2)n1. The third-order valence-corrected chi connectivity index (χ3v) is 5.13. The van der Waals surface area contributed by atoms with Gasteiger partial charge in [-0.3, -0.25) is 9.59 Å². The topological polar surface area (TPSA) is 64.0 Å². The first-order valence-electron chi connectivity index (χ1n) is 9.77. The van der Waals surface area contributed by atoms with Crippen molar-refractivity contribution in [1.82, 2.24) is 9.78 Å². The number of halogens is 1. The molecule has 4 aromatic rings. The number of aromatic nitrogens is 2. The van der Waals surface area contributed by atoms with Crippen molar-refractivity contribution in [2.24, 2.45) is 0 Å². The van der Waals surface area contributed by atoms with Crippen LogP contribution in [0.1, 0.15) is 37.7 Å². The minimum absolute atomic E-state index is 0.210. The monoisotopic (exact) mass is 429 g/mol. The number of nitrogens with zero attached hydrogens (tertiary/aromatic N) is 2. The first kappa shape index (κ1) is 20.6. The third-order valence-electron chi connectivity index (χ3n) is 4.89. The predicted molar refractivity (Wildman–Crippen MR) is 122 cm³/mol. The van der Waals surface area contributed by atoms with Gasteiger partial charge >= 0.3 is 0 Å². The third kappa shape index (κ3) is 4.42. The van der Waals surface area contributed by atoms with Crippen LogP contribution in [-0.2, 0) is 0 Å². The summed E-state index contributed by atoms with van der Waals surface area (Å²) in [7, 11) is 0. The molecule has 4 rings (SSSR count). The number of carbonyl (C=O) groups is 2. The van der Waals surface area contributed by atoms with Crippen LogP contribution in [0.4, 0.5) is 5.69 Å². The van der Waals surface area contributed by atoms with E-state index >= 15 is 0 Å². The molecule has 0 unspecified atom stereocenters. The van der Waals surface area contributed by atoms with Crippen molar-refractivity contribution >= 4 is 29.0 Å². The second-order valence-corrected chi connectivity index (χ2v) is 7.66. The van der Waals surface area contributed by atoms with Gasteiger partial charge in [-0.25, -0.2) is 4.68 Å². The molecule has 0 saturated carbocycles. The highest BCUT2D eigenvalue weighted by Gasteiger charge is 2.17. The Balaban J connectivity index is 1.59. The maximum Gasteiger partial charge on any atom is 0.255 e. The lowest BCUT2D eigenvalue weighted by Gasteiger charge is -2.12. The molecule has 154 valence electrons. The minimum Gasteiger partial charge on any atom is -0.321 e. The molecule has 0 radical (unpaired) electrons. The molecule has 0 spiro atoms. The van der Waals surface area contributed by atoms with Crippen LogP contribution in [0.25, 0.3) is 5.69 Å². The molecule has 0 atom stereocenters. The van der Waals surface area contributed by atoms with Gasteiger partial charge in [-0.1, -0.05) is 41.9 Å². The first-order valence-corrected chi connectivity index (χ1v) is 10.1. The summed E-state index contributed by atoms with van der Waals surface area (Å²) in [6, 6.07) is 22.9. The van der Waals surface area contributed by atoms with Crippen molar-refractivity contribution in [1.29, 1.82) is 0 Å². The lowest BCUT2D eigenvalue weighted by Crippen LogP contribution is -2.15. The highest BCUT2D eigenvalue weighted by molar-refractivity contribution is 6.31. The van der Waals surface area contributed by atoms with E-state index in [2.05, 4.69) is 10.4 Å². The fourth-order valence-corrected chi connectivity index (χ4v) is 3.57. The molecular formula is C25H20ClN3O2. The van der Waals surface area contributed by atoms with Crippen LogP contribution >= 0.6 is 11.6 Å². The molecule has 5 nitrogen and oxygen atoms in total. The van der Waals surface area contributed by atoms with Crippen molar-refractivity contribution in [3.8, 4) is 5.69 Å². The van der Waals surface area contributed by atoms with E-state index in [4.69, 9.17) is 11.6 Å². The predicted octanol–water partition coefficient (Wildman–Crippen LogP) is 5.63. The zero-order valence-electron chi connectivity index (χ0n) is 17.1. The molecule has 3 aromatic carbocycles. The van der Waals surface area contributed by atoms with Gasteiger partial charge in [0.25, 0.3) is 5.91 Å². The van der Waals surface area contributed by atoms with Gasteiger partial charge in [0.1, 0.15) is 0 Å². The average Bonchev–Trinajstić information content (AvgIpc) is 3.13. The second kappa shape index (κ2) is 8.58. The van der Waals surface area contributed by atoms with Gasteiger partial charge in [0.2, 0.25) is 0 Å². The Morgan fingerprint density at radius 1 is 0.871 bits per heavy atom. The van der Waals surface area contributed by atoms with Gasteiger partial charge in [-0.15, -0.1) is 0 Å². The number of rotatable bonds is 5. The number of hydrogen-bond donors (Lipinski definition) is 1. The summed E-state index contributed by atoms with van der Waals surface area (Å²) >= 11 is 6.12. The fraction of sp³-hybridized carbons (Fsp3) is 0.0800. The first-order chi connectivity index (χ1) is 14.9. The molecule has 1 aromatic heterocycles. The lowest BCUT2D eigenvalue weighted by molar-refractivity contribution is 0.102. The number of nitrogens with one attached hydrogen (secondary N) is 1. The summed E-state index contributed by atoms with van der Waals surface area (Å²) in [5.74, 6) is -0.525. The average molecular weight is 430 g/mol. The van der Waals surface area contributed by atoms with Gasteiger partial charge in [0.15, 0.2) is 5.78 Å². The van der Waals surface area contributed by atoms with Crippen molar-refractivity contribution in [2.45, 2.75) is 13.8 Å². The molecular weight excluding hydrogens is 410 g/mol. The Morgan fingerprint density at radius 2 is 1.58 bits per heavy atom. The zero-order chi connectivity index (χ0) is 22.0. The molecule has 1 amide bonds. The number of amides is 1. The Labute approximate surface area is 185 Å². The fourth-order valence-electron chi connectivity index (χ4n) is 3.40. The Kier molecular flexibility index (Phi) is 5.69. The van der Waals surface area contributed by atoms with Crippen LogP contribution < -0.4 is 5.32 Å². The van der Waals surface area contributed by atoms with Crippen molar-refractivity contribution in [3.63, 3.8) is 0 Å². The van der Waals surface area contributed by atoms with Crippen LogP contribution in [0.2, 0.25) is 5.02 Å². The van der Waals surface area contributed by atoms with Crippen LogP contribution in [0.15, 0.2) is 78.9 Å². The standard InChI is InChI=1S/C25H20ClN3O2/c1-16-14-17(2)29(28-16)21-11-8-19(9-12-21)25(31)27-23-13-10-20(26)15-22(23)24(30)18-6-4-3-5-7-18/h3-15H,1-2H3,(H,27,31). The summed E-state index contributed by atoms with van der Waals surface area (Å²) < 4.78 is 1.83. The number of aryl methyl sites for hydroxylation is 2. The molecule has 6 heteroatoms. The number of hydrogen-bond acceptors (Lipinski definition) is 3. The van der Waals surface area contributed by atoms with E-state index in [9.17, 15) is 9.59 Å². The number of benzene rings is 3. The molecule has 0 bridgehead atoms. The van der Waals surface area contributed by atoms with Crippen molar-refractivity contribution in [3.05, 3.63) is 112 Å². The van der Waals surface area contributed by atoms with E-state index < -0.39 is 0 Å². The molecule has 0 saturated heterocycles. The maximum atomic E-state index is 13.0. The normalized spacial score (nSPS) is 10.7. The van der Waals surface area contributed by atoms with Crippen LogP contribution in [0.5, 0.6) is 0 Å².